The monoisotopic (exact) mass is 288 g/mol. The van der Waals surface area contributed by atoms with Gasteiger partial charge < -0.3 is 0 Å². The van der Waals surface area contributed by atoms with Crippen molar-refractivity contribution in [1.29, 1.82) is 0 Å². The molecule has 1 fully saturated rings. The molecule has 0 saturated carbocycles. The highest BCUT2D eigenvalue weighted by molar-refractivity contribution is 7.89. The third-order valence-electron chi connectivity index (χ3n) is 2.73. The number of sulfonamides is 1. The number of nitro benzene ring substituents is 1. The zero-order valence-corrected chi connectivity index (χ0v) is 10.4. The van der Waals surface area contributed by atoms with Crippen LogP contribution in [-0.2, 0) is 14.8 Å². The van der Waals surface area contributed by atoms with E-state index in [4.69, 9.17) is 0 Å². The number of benzene rings is 1. The minimum absolute atomic E-state index is 0.0468. The van der Waals surface area contributed by atoms with Crippen molar-refractivity contribution in [3.8, 4) is 0 Å². The number of nitrogens with zero attached hydrogens (tertiary/aromatic N) is 2. The highest BCUT2D eigenvalue weighted by atomic mass is 32.2. The van der Waals surface area contributed by atoms with Gasteiger partial charge in [0.1, 0.15) is 0 Å². The molecule has 1 amide bonds. The van der Waals surface area contributed by atoms with Crippen molar-refractivity contribution in [3.63, 3.8) is 0 Å². The fourth-order valence-electron chi connectivity index (χ4n) is 1.88. The van der Waals surface area contributed by atoms with E-state index in [-0.39, 0.29) is 13.0 Å². The largest absolute Gasteiger partial charge is 0.325 e. The maximum absolute atomic E-state index is 13.4. The Kier molecular flexibility index (Phi) is 3.23. The zero-order chi connectivity index (χ0) is 14.2. The summed E-state index contributed by atoms with van der Waals surface area (Å²) < 4.78 is 38.3. The SMILES string of the molecule is O=C1CCCN1S(=O)(=O)c1cccc(F)c1[N+](=O)[O-]. The molecule has 7 nitrogen and oxygen atoms in total. The topological polar surface area (TPSA) is 97.6 Å². The molecule has 1 aliphatic rings. The summed E-state index contributed by atoms with van der Waals surface area (Å²) >= 11 is 0. The molecule has 0 aromatic heterocycles. The molecule has 0 spiro atoms. The molecular weight excluding hydrogens is 279 g/mol. The maximum Gasteiger partial charge on any atom is 0.325 e. The van der Waals surface area contributed by atoms with Gasteiger partial charge >= 0.3 is 5.69 Å². The minimum atomic E-state index is -4.38. The van der Waals surface area contributed by atoms with E-state index in [1.807, 2.05) is 0 Å². The van der Waals surface area contributed by atoms with Crippen molar-refractivity contribution in [2.75, 3.05) is 6.54 Å². The average Bonchev–Trinajstić information content (AvgIpc) is 2.75. The molecule has 0 radical (unpaired) electrons. The first-order valence-electron chi connectivity index (χ1n) is 5.34. The Morgan fingerprint density at radius 3 is 2.58 bits per heavy atom. The third kappa shape index (κ3) is 2.16. The molecule has 102 valence electrons. The van der Waals surface area contributed by atoms with Crippen LogP contribution in [0.3, 0.4) is 0 Å². The summed E-state index contributed by atoms with van der Waals surface area (Å²) in [5.74, 6) is -1.89. The third-order valence-corrected chi connectivity index (χ3v) is 4.58. The fraction of sp³-hybridized carbons (Fsp3) is 0.300. The van der Waals surface area contributed by atoms with Gasteiger partial charge in [-0.05, 0) is 18.6 Å². The first-order valence-corrected chi connectivity index (χ1v) is 6.78. The number of hydrogen-bond acceptors (Lipinski definition) is 5. The van der Waals surface area contributed by atoms with Gasteiger partial charge in [-0.1, -0.05) is 6.07 Å². The molecule has 1 aromatic carbocycles. The molecule has 1 heterocycles. The van der Waals surface area contributed by atoms with Crippen LogP contribution in [0.1, 0.15) is 12.8 Å². The lowest BCUT2D eigenvalue weighted by molar-refractivity contribution is -0.390. The molecule has 0 N–H and O–H groups in total. The maximum atomic E-state index is 13.4. The van der Waals surface area contributed by atoms with Crippen LogP contribution in [0.5, 0.6) is 0 Å². The summed E-state index contributed by atoms with van der Waals surface area (Å²) in [5, 5.41) is 10.8. The van der Waals surface area contributed by atoms with Crippen LogP contribution in [0.4, 0.5) is 10.1 Å². The lowest BCUT2D eigenvalue weighted by Crippen LogP contribution is -2.32. The molecule has 2 rings (SSSR count). The number of para-hydroxylation sites is 1. The predicted octanol–water partition coefficient (Wildman–Crippen LogP) is 1.05. The molecule has 0 aliphatic carbocycles. The standard InChI is InChI=1S/C10H9FN2O5S/c11-7-3-1-4-8(10(7)13(15)16)19(17,18)12-6-2-5-9(12)14/h1,3-4H,2,5-6H2. The highest BCUT2D eigenvalue weighted by Crippen LogP contribution is 2.31. The summed E-state index contributed by atoms with van der Waals surface area (Å²) in [6.07, 6.45) is 0.406. The van der Waals surface area contributed by atoms with E-state index in [0.29, 0.717) is 10.7 Å². The van der Waals surface area contributed by atoms with E-state index < -0.39 is 37.3 Å². The van der Waals surface area contributed by atoms with Gasteiger partial charge in [0.15, 0.2) is 4.90 Å². The van der Waals surface area contributed by atoms with Crippen LogP contribution in [0.25, 0.3) is 0 Å². The van der Waals surface area contributed by atoms with Gasteiger partial charge in [-0.15, -0.1) is 0 Å². The van der Waals surface area contributed by atoms with Crippen LogP contribution in [0, 0.1) is 15.9 Å². The predicted molar refractivity (Wildman–Crippen MR) is 61.2 cm³/mol. The first kappa shape index (κ1) is 13.4. The molecule has 19 heavy (non-hydrogen) atoms. The Morgan fingerprint density at radius 2 is 2.05 bits per heavy atom. The molecule has 9 heteroatoms. The summed E-state index contributed by atoms with van der Waals surface area (Å²) in [7, 11) is -4.38. The first-order chi connectivity index (χ1) is 8.85. The number of carbonyl (C=O) groups excluding carboxylic acids is 1. The molecule has 0 atom stereocenters. The normalized spacial score (nSPS) is 15.8. The summed E-state index contributed by atoms with van der Waals surface area (Å²) in [6, 6.07) is 2.76. The molecule has 0 unspecified atom stereocenters. The quantitative estimate of drug-likeness (QED) is 0.611. The Bertz CT molecular complexity index is 658. The lowest BCUT2D eigenvalue weighted by atomic mass is 10.3. The van der Waals surface area contributed by atoms with Gasteiger partial charge in [0.05, 0.1) is 4.92 Å². The smallest absolute Gasteiger partial charge is 0.274 e. The van der Waals surface area contributed by atoms with Gasteiger partial charge in [0.25, 0.3) is 10.0 Å². The Labute approximate surface area is 107 Å². The van der Waals surface area contributed by atoms with Crippen molar-refractivity contribution in [2.24, 2.45) is 0 Å². The average molecular weight is 288 g/mol. The van der Waals surface area contributed by atoms with E-state index in [0.717, 1.165) is 18.2 Å². The second-order valence-corrected chi connectivity index (χ2v) is 5.75. The molecule has 1 aliphatic heterocycles. The van der Waals surface area contributed by atoms with Crippen molar-refractivity contribution < 1.29 is 22.5 Å². The van der Waals surface area contributed by atoms with Crippen LogP contribution in [0.2, 0.25) is 0 Å². The second kappa shape index (κ2) is 4.57. The minimum Gasteiger partial charge on any atom is -0.274 e. The van der Waals surface area contributed by atoms with Gasteiger partial charge in [-0.25, -0.2) is 12.7 Å². The van der Waals surface area contributed by atoms with E-state index >= 15 is 0 Å². The highest BCUT2D eigenvalue weighted by Gasteiger charge is 2.38. The number of halogens is 1. The summed E-state index contributed by atoms with van der Waals surface area (Å²) in [6.45, 7) is -0.0468. The molecular formula is C10H9FN2O5S. The van der Waals surface area contributed by atoms with Crippen molar-refractivity contribution in [3.05, 3.63) is 34.1 Å². The number of carbonyl (C=O) groups is 1. The zero-order valence-electron chi connectivity index (χ0n) is 9.58. The Morgan fingerprint density at radius 1 is 1.37 bits per heavy atom. The van der Waals surface area contributed by atoms with Gasteiger partial charge in [0.2, 0.25) is 11.7 Å². The summed E-state index contributed by atoms with van der Waals surface area (Å²) in [4.78, 5) is 20.3. The van der Waals surface area contributed by atoms with E-state index in [2.05, 4.69) is 0 Å². The van der Waals surface area contributed by atoms with Crippen molar-refractivity contribution in [1.82, 2.24) is 4.31 Å². The number of rotatable bonds is 3. The number of nitro groups is 1. The molecule has 0 bridgehead atoms. The van der Waals surface area contributed by atoms with Gasteiger partial charge in [-0.2, -0.15) is 4.39 Å². The van der Waals surface area contributed by atoms with Crippen LogP contribution in [0.15, 0.2) is 23.1 Å². The number of amides is 1. The van der Waals surface area contributed by atoms with Crippen molar-refractivity contribution in [2.45, 2.75) is 17.7 Å². The Hall–Kier alpha value is -2.03. The molecule has 1 saturated heterocycles. The molecule has 1 aromatic rings. The number of hydrogen-bond donors (Lipinski definition) is 0. The van der Waals surface area contributed by atoms with E-state index in [1.165, 1.54) is 0 Å². The van der Waals surface area contributed by atoms with E-state index in [9.17, 15) is 27.7 Å². The van der Waals surface area contributed by atoms with Crippen LogP contribution in [-0.4, -0.2) is 30.1 Å². The fourth-order valence-corrected chi connectivity index (χ4v) is 3.51. The van der Waals surface area contributed by atoms with Gasteiger partial charge in [-0.3, -0.25) is 14.9 Å². The lowest BCUT2D eigenvalue weighted by Gasteiger charge is -2.15. The van der Waals surface area contributed by atoms with Gasteiger partial charge in [0, 0.05) is 13.0 Å². The second-order valence-electron chi connectivity index (χ2n) is 3.92. The van der Waals surface area contributed by atoms with Crippen molar-refractivity contribution >= 4 is 21.6 Å². The Balaban J connectivity index is 2.62. The van der Waals surface area contributed by atoms with Crippen LogP contribution < -0.4 is 0 Å². The van der Waals surface area contributed by atoms with E-state index in [1.54, 1.807) is 0 Å². The summed E-state index contributed by atoms with van der Waals surface area (Å²) in [5.41, 5.74) is -1.14. The van der Waals surface area contributed by atoms with Crippen LogP contribution >= 0.6 is 0 Å².